The van der Waals surface area contributed by atoms with Gasteiger partial charge in [0.25, 0.3) is 0 Å². The molecule has 1 aromatic heterocycles. The van der Waals surface area contributed by atoms with Crippen LogP contribution in [0.15, 0.2) is 16.7 Å². The fourth-order valence-electron chi connectivity index (χ4n) is 0.893. The van der Waals surface area contributed by atoms with E-state index in [1.165, 1.54) is 6.26 Å². The van der Waals surface area contributed by atoms with E-state index in [-0.39, 0.29) is 6.42 Å². The van der Waals surface area contributed by atoms with Gasteiger partial charge in [-0.15, -0.1) is 0 Å². The predicted molar refractivity (Wildman–Crippen MR) is 38.2 cm³/mol. The minimum Gasteiger partial charge on any atom is -0.469 e. The number of carbonyl (C=O) groups excluding carboxylic acids is 2. The summed E-state index contributed by atoms with van der Waals surface area (Å²) in [5.41, 5.74) is 0.798. The zero-order valence-electron chi connectivity index (χ0n) is 5.95. The highest BCUT2D eigenvalue weighted by Gasteiger charge is 2.03. The largest absolute Gasteiger partial charge is 0.469 e. The normalized spacial score (nSPS) is 9.45. The van der Waals surface area contributed by atoms with Gasteiger partial charge in [0.1, 0.15) is 18.3 Å². The smallest absolute Gasteiger partial charge is 0.127 e. The van der Waals surface area contributed by atoms with Gasteiger partial charge in [0, 0.05) is 12.0 Å². The number of hydrogen-bond donors (Lipinski definition) is 0. The Morgan fingerprint density at radius 2 is 2.00 bits per heavy atom. The molecule has 0 spiro atoms. The topological polar surface area (TPSA) is 47.3 Å². The summed E-state index contributed by atoms with van der Waals surface area (Å²) >= 11 is 0. The summed E-state index contributed by atoms with van der Waals surface area (Å²) in [6.07, 6.45) is 3.60. The Labute approximate surface area is 64.0 Å². The van der Waals surface area contributed by atoms with Gasteiger partial charge in [0.2, 0.25) is 0 Å². The lowest BCUT2D eigenvalue weighted by Crippen LogP contribution is -1.90. The van der Waals surface area contributed by atoms with Crippen LogP contribution in [0.5, 0.6) is 0 Å². The minimum absolute atomic E-state index is 0.246. The van der Waals surface area contributed by atoms with E-state index in [0.29, 0.717) is 12.2 Å². The van der Waals surface area contributed by atoms with Crippen molar-refractivity contribution in [1.82, 2.24) is 0 Å². The maximum atomic E-state index is 10.1. The van der Waals surface area contributed by atoms with Crippen LogP contribution in [-0.4, -0.2) is 12.6 Å². The Hall–Kier alpha value is -1.38. The van der Waals surface area contributed by atoms with E-state index in [1.807, 2.05) is 0 Å². The molecule has 0 unspecified atom stereocenters. The SMILES string of the molecule is O=CCc1ccoc1CC=O. The van der Waals surface area contributed by atoms with E-state index in [1.54, 1.807) is 6.07 Å². The van der Waals surface area contributed by atoms with Crippen LogP contribution >= 0.6 is 0 Å². The van der Waals surface area contributed by atoms with Crippen LogP contribution in [0.3, 0.4) is 0 Å². The fraction of sp³-hybridized carbons (Fsp3) is 0.250. The number of carbonyl (C=O) groups is 2. The van der Waals surface area contributed by atoms with Gasteiger partial charge in [-0.25, -0.2) is 0 Å². The Morgan fingerprint density at radius 1 is 1.27 bits per heavy atom. The van der Waals surface area contributed by atoms with Gasteiger partial charge in [0.05, 0.1) is 12.7 Å². The molecular weight excluding hydrogens is 144 g/mol. The van der Waals surface area contributed by atoms with Crippen LogP contribution in [-0.2, 0) is 22.4 Å². The summed E-state index contributed by atoms with van der Waals surface area (Å²) in [5, 5.41) is 0. The molecular formula is C8H8O3. The second kappa shape index (κ2) is 3.71. The third-order valence-electron chi connectivity index (χ3n) is 1.41. The molecule has 0 saturated carbocycles. The number of rotatable bonds is 4. The van der Waals surface area contributed by atoms with E-state index < -0.39 is 0 Å². The Kier molecular flexibility index (Phi) is 2.60. The van der Waals surface area contributed by atoms with E-state index >= 15 is 0 Å². The zero-order chi connectivity index (χ0) is 8.10. The summed E-state index contributed by atoms with van der Waals surface area (Å²) in [4.78, 5) is 20.2. The van der Waals surface area contributed by atoms with Crippen molar-refractivity contribution < 1.29 is 14.0 Å². The fourth-order valence-corrected chi connectivity index (χ4v) is 0.893. The van der Waals surface area contributed by atoms with Crippen molar-refractivity contribution in [2.75, 3.05) is 0 Å². The summed E-state index contributed by atoms with van der Waals surface area (Å²) in [6, 6.07) is 1.70. The molecule has 0 fully saturated rings. The molecule has 3 nitrogen and oxygen atoms in total. The Bertz CT molecular complexity index is 225. The summed E-state index contributed by atoms with van der Waals surface area (Å²) in [6.45, 7) is 0. The third kappa shape index (κ3) is 1.77. The summed E-state index contributed by atoms with van der Waals surface area (Å²) in [7, 11) is 0. The predicted octanol–water partition coefficient (Wildman–Crippen LogP) is 0.762. The van der Waals surface area contributed by atoms with Crippen LogP contribution in [0.4, 0.5) is 0 Å². The van der Waals surface area contributed by atoms with Gasteiger partial charge in [-0.05, 0) is 6.07 Å². The van der Waals surface area contributed by atoms with E-state index in [4.69, 9.17) is 4.42 Å². The van der Waals surface area contributed by atoms with Crippen molar-refractivity contribution in [3.05, 3.63) is 23.7 Å². The first kappa shape index (κ1) is 7.72. The molecule has 0 saturated heterocycles. The second-order valence-electron chi connectivity index (χ2n) is 2.11. The van der Waals surface area contributed by atoms with Crippen molar-refractivity contribution >= 4 is 12.6 Å². The number of furan rings is 1. The molecule has 0 aromatic carbocycles. The highest BCUT2D eigenvalue weighted by molar-refractivity contribution is 5.59. The van der Waals surface area contributed by atoms with Crippen molar-refractivity contribution in [2.45, 2.75) is 12.8 Å². The lowest BCUT2D eigenvalue weighted by molar-refractivity contribution is -0.108. The van der Waals surface area contributed by atoms with Crippen LogP contribution in [0, 0.1) is 0 Å². The quantitative estimate of drug-likeness (QED) is 0.598. The van der Waals surface area contributed by atoms with E-state index in [9.17, 15) is 9.59 Å². The van der Waals surface area contributed by atoms with Crippen molar-refractivity contribution in [1.29, 1.82) is 0 Å². The maximum Gasteiger partial charge on any atom is 0.127 e. The first-order valence-electron chi connectivity index (χ1n) is 3.31. The molecule has 3 heteroatoms. The van der Waals surface area contributed by atoms with Crippen molar-refractivity contribution in [3.63, 3.8) is 0 Å². The molecule has 0 atom stereocenters. The van der Waals surface area contributed by atoms with Gasteiger partial charge >= 0.3 is 0 Å². The molecule has 0 radical (unpaired) electrons. The molecule has 11 heavy (non-hydrogen) atoms. The van der Waals surface area contributed by atoms with Gasteiger partial charge in [-0.1, -0.05) is 0 Å². The zero-order valence-corrected chi connectivity index (χ0v) is 5.95. The Balaban J connectivity index is 2.76. The summed E-state index contributed by atoms with van der Waals surface area (Å²) < 4.78 is 4.97. The van der Waals surface area contributed by atoms with Crippen LogP contribution in [0.2, 0.25) is 0 Å². The minimum atomic E-state index is 0.246. The molecule has 0 aliphatic carbocycles. The molecule has 58 valence electrons. The van der Waals surface area contributed by atoms with E-state index in [2.05, 4.69) is 0 Å². The molecule has 1 rings (SSSR count). The summed E-state index contributed by atoms with van der Waals surface area (Å²) in [5.74, 6) is 0.590. The van der Waals surface area contributed by atoms with Crippen molar-refractivity contribution in [2.24, 2.45) is 0 Å². The molecule has 1 heterocycles. The molecule has 0 amide bonds. The average Bonchev–Trinajstić information content (AvgIpc) is 2.39. The van der Waals surface area contributed by atoms with Crippen LogP contribution < -0.4 is 0 Å². The lowest BCUT2D eigenvalue weighted by atomic mass is 10.2. The standard InChI is InChI=1S/C8H8O3/c9-4-1-7-3-6-11-8(7)2-5-10/h3-6H,1-2H2. The Morgan fingerprint density at radius 3 is 2.64 bits per heavy atom. The first-order chi connectivity index (χ1) is 5.38. The first-order valence-corrected chi connectivity index (χ1v) is 3.31. The monoisotopic (exact) mass is 152 g/mol. The van der Waals surface area contributed by atoms with Gasteiger partial charge in [0.15, 0.2) is 0 Å². The van der Waals surface area contributed by atoms with E-state index in [0.717, 1.165) is 18.1 Å². The molecule has 1 aromatic rings. The highest BCUT2D eigenvalue weighted by Crippen LogP contribution is 2.09. The van der Waals surface area contributed by atoms with Crippen molar-refractivity contribution in [3.8, 4) is 0 Å². The molecule has 0 aliphatic rings. The second-order valence-corrected chi connectivity index (χ2v) is 2.11. The van der Waals surface area contributed by atoms with Gasteiger partial charge < -0.3 is 14.0 Å². The lowest BCUT2D eigenvalue weighted by Gasteiger charge is -1.90. The van der Waals surface area contributed by atoms with Crippen LogP contribution in [0.25, 0.3) is 0 Å². The average molecular weight is 152 g/mol. The highest BCUT2D eigenvalue weighted by atomic mass is 16.3. The molecule has 0 N–H and O–H groups in total. The maximum absolute atomic E-state index is 10.1. The number of aldehydes is 2. The molecule has 0 bridgehead atoms. The van der Waals surface area contributed by atoms with Gasteiger partial charge in [-0.2, -0.15) is 0 Å². The van der Waals surface area contributed by atoms with Gasteiger partial charge in [-0.3, -0.25) is 0 Å². The molecule has 0 aliphatic heterocycles. The number of hydrogen-bond acceptors (Lipinski definition) is 3. The third-order valence-corrected chi connectivity index (χ3v) is 1.41. The van der Waals surface area contributed by atoms with Crippen LogP contribution in [0.1, 0.15) is 11.3 Å².